The molecule has 0 unspecified atom stereocenters. The Balaban J connectivity index is 0.00000336. The van der Waals surface area contributed by atoms with Gasteiger partial charge in [0.2, 0.25) is 0 Å². The van der Waals surface area contributed by atoms with E-state index in [0.717, 1.165) is 27.9 Å². The van der Waals surface area contributed by atoms with Crippen molar-refractivity contribution in [1.29, 1.82) is 0 Å². The van der Waals surface area contributed by atoms with Crippen LogP contribution >= 0.6 is 0 Å². The van der Waals surface area contributed by atoms with E-state index in [2.05, 4.69) is 47.8 Å². The number of nitrogens with zero attached hydrogens (tertiary/aromatic N) is 5. The SMILES string of the molecule is Cc1cccc2cc(Cn3nc(C#CC(C)C)c4c(N)ncnc43)n(-c3ccccc3C(C)C)c(=O)c12.O. The minimum absolute atomic E-state index is 0. The number of para-hydroxylation sites is 1. The zero-order valence-electron chi connectivity index (χ0n) is 22.3. The van der Waals surface area contributed by atoms with Gasteiger partial charge in [-0.15, -0.1) is 0 Å². The number of nitrogens with two attached hydrogens (primary N) is 1. The number of nitrogen functional groups attached to an aromatic ring is 1. The number of benzene rings is 2. The number of hydrogen-bond acceptors (Lipinski definition) is 5. The molecule has 0 aliphatic rings. The summed E-state index contributed by atoms with van der Waals surface area (Å²) in [7, 11) is 0. The minimum Gasteiger partial charge on any atom is -0.412 e. The van der Waals surface area contributed by atoms with E-state index < -0.39 is 0 Å². The molecule has 194 valence electrons. The summed E-state index contributed by atoms with van der Waals surface area (Å²) >= 11 is 0. The molecule has 0 spiro atoms. The first-order chi connectivity index (χ1) is 17.8. The molecule has 0 amide bonds. The highest BCUT2D eigenvalue weighted by atomic mass is 16.1. The van der Waals surface area contributed by atoms with Crippen LogP contribution in [-0.2, 0) is 6.54 Å². The van der Waals surface area contributed by atoms with Crippen molar-refractivity contribution >= 4 is 27.6 Å². The lowest BCUT2D eigenvalue weighted by Crippen LogP contribution is -2.25. The van der Waals surface area contributed by atoms with Gasteiger partial charge in [0.05, 0.1) is 23.0 Å². The Hall–Kier alpha value is -4.48. The number of aryl methyl sites for hydroxylation is 1. The molecule has 8 nitrogen and oxygen atoms in total. The van der Waals surface area contributed by atoms with E-state index >= 15 is 0 Å². The van der Waals surface area contributed by atoms with Gasteiger partial charge in [0.15, 0.2) is 5.65 Å². The summed E-state index contributed by atoms with van der Waals surface area (Å²) in [5.74, 6) is 7.05. The Kier molecular flexibility index (Phi) is 7.33. The maximum atomic E-state index is 14.1. The molecule has 0 atom stereocenters. The lowest BCUT2D eigenvalue weighted by atomic mass is 10.00. The molecule has 5 aromatic rings. The molecular formula is C30H32N6O2. The first-order valence-electron chi connectivity index (χ1n) is 12.5. The molecule has 0 radical (unpaired) electrons. The first-order valence-corrected chi connectivity index (χ1v) is 12.5. The molecule has 5 rings (SSSR count). The fraction of sp³-hybridized carbons (Fsp3) is 0.267. The van der Waals surface area contributed by atoms with E-state index in [1.54, 1.807) is 4.68 Å². The summed E-state index contributed by atoms with van der Waals surface area (Å²) in [5.41, 5.74) is 11.0. The molecule has 0 fully saturated rings. The lowest BCUT2D eigenvalue weighted by molar-refractivity contribution is 0.665. The van der Waals surface area contributed by atoms with Gasteiger partial charge in [0.1, 0.15) is 17.8 Å². The quantitative estimate of drug-likeness (QED) is 0.361. The van der Waals surface area contributed by atoms with Crippen LogP contribution in [0.1, 0.15) is 56.1 Å². The van der Waals surface area contributed by atoms with Crippen molar-refractivity contribution in [3.8, 4) is 17.5 Å². The third kappa shape index (κ3) is 4.64. The van der Waals surface area contributed by atoms with Gasteiger partial charge in [-0.1, -0.05) is 70.0 Å². The molecule has 0 saturated heterocycles. The summed E-state index contributed by atoms with van der Waals surface area (Å²) in [6.45, 7) is 10.6. The van der Waals surface area contributed by atoms with E-state index in [4.69, 9.17) is 10.8 Å². The molecule has 38 heavy (non-hydrogen) atoms. The number of fused-ring (bicyclic) bond motifs is 2. The van der Waals surface area contributed by atoms with E-state index in [9.17, 15) is 4.79 Å². The second-order valence-corrected chi connectivity index (χ2v) is 9.92. The Bertz CT molecular complexity index is 1770. The van der Waals surface area contributed by atoms with Crippen molar-refractivity contribution in [2.24, 2.45) is 5.92 Å². The highest BCUT2D eigenvalue weighted by Crippen LogP contribution is 2.27. The van der Waals surface area contributed by atoms with E-state index in [-0.39, 0.29) is 22.9 Å². The van der Waals surface area contributed by atoms with Crippen molar-refractivity contribution in [1.82, 2.24) is 24.3 Å². The average molecular weight is 509 g/mol. The fourth-order valence-electron chi connectivity index (χ4n) is 4.74. The molecule has 3 heterocycles. The molecule has 2 aromatic carbocycles. The van der Waals surface area contributed by atoms with Crippen LogP contribution in [-0.4, -0.2) is 29.8 Å². The van der Waals surface area contributed by atoms with E-state index in [1.807, 2.05) is 61.7 Å². The van der Waals surface area contributed by atoms with Gasteiger partial charge in [0, 0.05) is 11.6 Å². The van der Waals surface area contributed by atoms with Gasteiger partial charge < -0.3 is 11.2 Å². The van der Waals surface area contributed by atoms with Crippen LogP contribution in [0.25, 0.3) is 27.5 Å². The Labute approximate surface area is 221 Å². The van der Waals surface area contributed by atoms with Gasteiger partial charge in [-0.2, -0.15) is 5.10 Å². The third-order valence-electron chi connectivity index (χ3n) is 6.48. The summed E-state index contributed by atoms with van der Waals surface area (Å²) in [6.07, 6.45) is 1.43. The Morgan fingerprint density at radius 3 is 2.50 bits per heavy atom. The summed E-state index contributed by atoms with van der Waals surface area (Å²) in [6, 6.07) is 16.1. The molecule has 4 N–H and O–H groups in total. The monoisotopic (exact) mass is 508 g/mol. The Morgan fingerprint density at radius 1 is 1.00 bits per heavy atom. The van der Waals surface area contributed by atoms with Gasteiger partial charge in [-0.05, 0) is 47.4 Å². The summed E-state index contributed by atoms with van der Waals surface area (Å²) in [5, 5.41) is 7.02. The molecule has 0 saturated carbocycles. The summed E-state index contributed by atoms with van der Waals surface area (Å²) in [4.78, 5) is 22.8. The molecule has 0 bridgehead atoms. The Morgan fingerprint density at radius 2 is 1.76 bits per heavy atom. The maximum absolute atomic E-state index is 14.1. The fourth-order valence-corrected chi connectivity index (χ4v) is 4.74. The van der Waals surface area contributed by atoms with Crippen LogP contribution in [0.5, 0.6) is 0 Å². The summed E-state index contributed by atoms with van der Waals surface area (Å²) < 4.78 is 3.59. The average Bonchev–Trinajstić information content (AvgIpc) is 3.21. The molecule has 8 heteroatoms. The topological polar surface area (TPSA) is 123 Å². The van der Waals surface area contributed by atoms with E-state index in [1.165, 1.54) is 6.33 Å². The largest absolute Gasteiger partial charge is 0.412 e. The van der Waals surface area contributed by atoms with Crippen LogP contribution < -0.4 is 11.3 Å². The van der Waals surface area contributed by atoms with Crippen LogP contribution in [0.4, 0.5) is 5.82 Å². The van der Waals surface area contributed by atoms with Crippen molar-refractivity contribution < 1.29 is 5.48 Å². The number of hydrogen-bond donors (Lipinski definition) is 1. The molecule has 0 aliphatic heterocycles. The predicted octanol–water partition coefficient (Wildman–Crippen LogP) is 4.38. The number of rotatable bonds is 4. The predicted molar refractivity (Wildman–Crippen MR) is 153 cm³/mol. The van der Waals surface area contributed by atoms with Crippen molar-refractivity contribution in [2.45, 2.75) is 47.1 Å². The number of aromatic nitrogens is 5. The minimum atomic E-state index is -0.0517. The maximum Gasteiger partial charge on any atom is 0.263 e. The van der Waals surface area contributed by atoms with Gasteiger partial charge in [-0.3, -0.25) is 9.36 Å². The van der Waals surface area contributed by atoms with Gasteiger partial charge >= 0.3 is 0 Å². The molecule has 3 aromatic heterocycles. The number of pyridine rings is 1. The zero-order chi connectivity index (χ0) is 26.3. The van der Waals surface area contributed by atoms with E-state index in [0.29, 0.717) is 34.5 Å². The van der Waals surface area contributed by atoms with Crippen LogP contribution in [0.3, 0.4) is 0 Å². The van der Waals surface area contributed by atoms with Crippen LogP contribution in [0.15, 0.2) is 59.7 Å². The zero-order valence-corrected chi connectivity index (χ0v) is 22.3. The normalized spacial score (nSPS) is 11.1. The smallest absolute Gasteiger partial charge is 0.263 e. The highest BCUT2D eigenvalue weighted by molar-refractivity contribution is 5.90. The standard InChI is InChI=1S/C30H30N6O.H2O/c1-18(2)13-14-24-27-28(31)32-17-33-29(27)35(34-24)16-22-15-21-10-8-9-20(5)26(21)30(37)36(22)25-12-7-6-11-23(25)19(3)4;/h6-12,15,17-19H,16H2,1-5H3,(H2,31,32,33);1H2. The lowest BCUT2D eigenvalue weighted by Gasteiger charge is -2.20. The van der Waals surface area contributed by atoms with Crippen molar-refractivity contribution in [3.63, 3.8) is 0 Å². The molecule has 0 aliphatic carbocycles. The van der Waals surface area contributed by atoms with Crippen molar-refractivity contribution in [3.05, 3.63) is 87.7 Å². The first kappa shape index (κ1) is 26.6. The third-order valence-corrected chi connectivity index (χ3v) is 6.48. The van der Waals surface area contributed by atoms with Gasteiger partial charge in [-0.25, -0.2) is 14.6 Å². The second kappa shape index (κ2) is 10.5. The molecular weight excluding hydrogens is 476 g/mol. The van der Waals surface area contributed by atoms with Crippen LogP contribution in [0.2, 0.25) is 0 Å². The van der Waals surface area contributed by atoms with Crippen molar-refractivity contribution in [2.75, 3.05) is 5.73 Å². The van der Waals surface area contributed by atoms with Crippen LogP contribution in [0, 0.1) is 24.7 Å². The highest BCUT2D eigenvalue weighted by Gasteiger charge is 2.20. The number of anilines is 1. The van der Waals surface area contributed by atoms with Gasteiger partial charge in [0.25, 0.3) is 5.56 Å². The second-order valence-electron chi connectivity index (χ2n) is 9.92.